The van der Waals surface area contributed by atoms with Gasteiger partial charge in [0.25, 0.3) is 0 Å². The number of rotatable bonds is 7. The summed E-state index contributed by atoms with van der Waals surface area (Å²) in [6, 6.07) is 11.7. The Hall–Kier alpha value is -4.49. The first-order valence-electron chi connectivity index (χ1n) is 14.9. The monoisotopic (exact) mass is 634 g/mol. The summed E-state index contributed by atoms with van der Waals surface area (Å²) < 4.78 is 23.0. The Morgan fingerprint density at radius 1 is 1.22 bits per heavy atom. The third-order valence-electron chi connectivity index (χ3n) is 9.51. The van der Waals surface area contributed by atoms with Crippen LogP contribution in [0, 0.1) is 17.7 Å². The number of anilines is 1. The summed E-state index contributed by atoms with van der Waals surface area (Å²) in [6.45, 7) is 1.98. The first-order valence-corrected chi connectivity index (χ1v) is 15.3. The first-order chi connectivity index (χ1) is 21.8. The van der Waals surface area contributed by atoms with Crippen LogP contribution in [-0.2, 0) is 10.2 Å². The molecule has 5 N–H and O–H groups in total. The topological polar surface area (TPSA) is 164 Å². The van der Waals surface area contributed by atoms with Gasteiger partial charge in [-0.15, -0.1) is 0 Å². The molecule has 14 heteroatoms. The van der Waals surface area contributed by atoms with Crippen molar-refractivity contribution in [2.24, 2.45) is 22.7 Å². The largest absolute Gasteiger partial charge is 0.465 e. The van der Waals surface area contributed by atoms with Gasteiger partial charge >= 0.3 is 6.09 Å². The van der Waals surface area contributed by atoms with Crippen molar-refractivity contribution in [1.82, 2.24) is 25.1 Å². The molecule has 0 spiro atoms. The number of amidine groups is 1. The van der Waals surface area contributed by atoms with Gasteiger partial charge in [0.15, 0.2) is 17.7 Å². The van der Waals surface area contributed by atoms with Crippen LogP contribution in [0.1, 0.15) is 43.0 Å². The molecule has 7 rings (SSSR count). The molecule has 2 saturated heterocycles. The second-order valence-corrected chi connectivity index (χ2v) is 12.2. The standard InChI is InChI=1S/C31H32ClFN8O4/c32-22-13-17(28(34)39-44)8-9-18(22)26-27-29(41(38-26)25-7-3-4-12-45-25)37-24(14-35-27)40-11-10-19-21(15-40)31(19,16-36-30(42)43)20-5-1-2-6-23(20)33/h1-2,5-6,8-9,13-14,19,21,25,36,44H,3-4,7,10-12,15-16H2,(H2,34,39)(H,42,43)/t19-,21+,25?,31-/m1/s1. The number of hydrogen-bond donors (Lipinski definition) is 4. The number of nitrogens with two attached hydrogens (primary N) is 1. The van der Waals surface area contributed by atoms with Crippen LogP contribution in [0.25, 0.3) is 22.4 Å². The summed E-state index contributed by atoms with van der Waals surface area (Å²) in [5.41, 5.74) is 8.40. The van der Waals surface area contributed by atoms with Gasteiger partial charge in [0.05, 0.1) is 11.2 Å². The summed E-state index contributed by atoms with van der Waals surface area (Å²) >= 11 is 6.67. The second kappa shape index (κ2) is 11.5. The molecule has 2 aromatic carbocycles. The van der Waals surface area contributed by atoms with Crippen molar-refractivity contribution < 1.29 is 24.2 Å². The number of aromatic nitrogens is 4. The first kappa shape index (κ1) is 29.2. The average molecular weight is 635 g/mol. The van der Waals surface area contributed by atoms with E-state index in [1.807, 2.05) is 0 Å². The number of benzene rings is 2. The van der Waals surface area contributed by atoms with Gasteiger partial charge in [0, 0.05) is 42.8 Å². The maximum atomic E-state index is 15.1. The van der Waals surface area contributed by atoms with E-state index in [4.69, 9.17) is 42.3 Å². The highest BCUT2D eigenvalue weighted by Gasteiger charge is 2.67. The Balaban J connectivity index is 1.25. The van der Waals surface area contributed by atoms with E-state index in [9.17, 15) is 9.90 Å². The molecule has 2 aliphatic heterocycles. The number of carboxylic acid groups (broad SMARTS) is 1. The Bertz CT molecular complexity index is 1810. The van der Waals surface area contributed by atoms with Crippen LogP contribution in [0.15, 0.2) is 53.8 Å². The lowest BCUT2D eigenvalue weighted by Crippen LogP contribution is -2.35. The van der Waals surface area contributed by atoms with Crippen LogP contribution < -0.4 is 16.0 Å². The molecule has 4 aromatic rings. The van der Waals surface area contributed by atoms with E-state index in [1.165, 1.54) is 6.07 Å². The fourth-order valence-electron chi connectivity index (χ4n) is 7.28. The molecule has 1 aliphatic carbocycles. The van der Waals surface area contributed by atoms with Crippen molar-refractivity contribution in [2.75, 3.05) is 31.1 Å². The molecule has 4 atom stereocenters. The van der Waals surface area contributed by atoms with Crippen molar-refractivity contribution in [3.63, 3.8) is 0 Å². The second-order valence-electron chi connectivity index (χ2n) is 11.8. The molecule has 0 bridgehead atoms. The minimum Gasteiger partial charge on any atom is -0.465 e. The Morgan fingerprint density at radius 2 is 2.07 bits per heavy atom. The molecular formula is C31H32ClFN8O4. The van der Waals surface area contributed by atoms with Gasteiger partial charge in [-0.25, -0.2) is 23.8 Å². The molecule has 3 fully saturated rings. The normalized spacial score (nSPS) is 24.8. The minimum absolute atomic E-state index is 0.0295. The number of ether oxygens (including phenoxy) is 1. The Morgan fingerprint density at radius 3 is 2.80 bits per heavy atom. The molecule has 45 heavy (non-hydrogen) atoms. The molecule has 2 aromatic heterocycles. The van der Waals surface area contributed by atoms with E-state index in [1.54, 1.807) is 47.3 Å². The highest BCUT2D eigenvalue weighted by Crippen LogP contribution is 2.63. The molecule has 4 heterocycles. The van der Waals surface area contributed by atoms with Gasteiger partial charge in [-0.05, 0) is 55.2 Å². The number of amides is 1. The van der Waals surface area contributed by atoms with Crippen molar-refractivity contribution in [3.05, 3.63) is 70.6 Å². The van der Waals surface area contributed by atoms with E-state index in [2.05, 4.69) is 15.4 Å². The fraction of sp³-hybridized carbons (Fsp3) is 0.387. The highest BCUT2D eigenvalue weighted by molar-refractivity contribution is 6.34. The molecule has 0 radical (unpaired) electrons. The number of fused-ring (bicyclic) bond motifs is 2. The maximum absolute atomic E-state index is 15.1. The quantitative estimate of drug-likeness (QED) is 0.0972. The van der Waals surface area contributed by atoms with Crippen molar-refractivity contribution >= 4 is 40.5 Å². The highest BCUT2D eigenvalue weighted by atomic mass is 35.5. The summed E-state index contributed by atoms with van der Waals surface area (Å²) in [5.74, 6) is 0.432. The summed E-state index contributed by atoms with van der Waals surface area (Å²) in [6.07, 6.45) is 3.74. The Kier molecular flexibility index (Phi) is 7.44. The molecule has 1 amide bonds. The van der Waals surface area contributed by atoms with Gasteiger partial charge in [0.1, 0.15) is 22.8 Å². The van der Waals surface area contributed by atoms with E-state index < -0.39 is 11.5 Å². The smallest absolute Gasteiger partial charge is 0.404 e. The van der Waals surface area contributed by atoms with Gasteiger partial charge in [-0.2, -0.15) is 5.10 Å². The lowest BCUT2D eigenvalue weighted by molar-refractivity contribution is -0.0368. The van der Waals surface area contributed by atoms with Gasteiger partial charge in [0.2, 0.25) is 0 Å². The number of nitrogens with one attached hydrogen (secondary N) is 1. The van der Waals surface area contributed by atoms with Crippen LogP contribution in [0.5, 0.6) is 0 Å². The Labute approximate surface area is 262 Å². The molecule has 1 saturated carbocycles. The zero-order chi connectivity index (χ0) is 31.3. The maximum Gasteiger partial charge on any atom is 0.404 e. The lowest BCUT2D eigenvalue weighted by Gasteiger charge is -2.27. The van der Waals surface area contributed by atoms with E-state index >= 15 is 4.39 Å². The SMILES string of the molecule is NC(=NO)c1ccc(-c2nn(C3CCCCO3)c3nc(N4CC[C@@H]5[C@H](C4)[C@@]5(CNC(=O)O)c4ccccc4F)cnc23)c(Cl)c1. The van der Waals surface area contributed by atoms with Crippen molar-refractivity contribution in [3.8, 4) is 11.3 Å². The van der Waals surface area contributed by atoms with Crippen LogP contribution in [0.3, 0.4) is 0 Å². The van der Waals surface area contributed by atoms with Crippen LogP contribution in [0.2, 0.25) is 5.02 Å². The van der Waals surface area contributed by atoms with Crippen LogP contribution in [-0.4, -0.2) is 68.2 Å². The number of piperidine rings is 1. The number of nitrogens with zero attached hydrogens (tertiary/aromatic N) is 6. The number of hydrogen-bond acceptors (Lipinski definition) is 8. The predicted molar refractivity (Wildman–Crippen MR) is 165 cm³/mol. The number of oxime groups is 1. The summed E-state index contributed by atoms with van der Waals surface area (Å²) in [4.78, 5) is 23.5. The number of carbonyl (C=O) groups is 1. The zero-order valence-electron chi connectivity index (χ0n) is 24.2. The van der Waals surface area contributed by atoms with Crippen molar-refractivity contribution in [1.29, 1.82) is 0 Å². The number of halogens is 2. The lowest BCUT2D eigenvalue weighted by atomic mass is 9.90. The van der Waals surface area contributed by atoms with Gasteiger partial charge in [-0.1, -0.05) is 47.1 Å². The van der Waals surface area contributed by atoms with Crippen LogP contribution >= 0.6 is 11.6 Å². The third-order valence-corrected chi connectivity index (χ3v) is 9.82. The average Bonchev–Trinajstić information content (AvgIpc) is 3.55. The van der Waals surface area contributed by atoms with Crippen LogP contribution in [0.4, 0.5) is 15.0 Å². The molecule has 3 aliphatic rings. The van der Waals surface area contributed by atoms with E-state index in [0.29, 0.717) is 64.1 Å². The van der Waals surface area contributed by atoms with Crippen molar-refractivity contribution in [2.45, 2.75) is 37.3 Å². The predicted octanol–water partition coefficient (Wildman–Crippen LogP) is 4.74. The molecule has 234 valence electrons. The van der Waals surface area contributed by atoms with E-state index in [-0.39, 0.29) is 36.3 Å². The van der Waals surface area contributed by atoms with E-state index in [0.717, 1.165) is 25.7 Å². The molecule has 12 nitrogen and oxygen atoms in total. The van der Waals surface area contributed by atoms with Gasteiger partial charge < -0.3 is 31.0 Å². The fourth-order valence-corrected chi connectivity index (χ4v) is 7.55. The third kappa shape index (κ3) is 4.99. The molecular weight excluding hydrogens is 603 g/mol. The molecule has 1 unspecified atom stereocenters. The summed E-state index contributed by atoms with van der Waals surface area (Å²) in [5, 5.41) is 29.3. The summed E-state index contributed by atoms with van der Waals surface area (Å²) in [7, 11) is 0. The minimum atomic E-state index is -1.13. The van der Waals surface area contributed by atoms with Gasteiger partial charge in [-0.3, -0.25) is 0 Å². The zero-order valence-corrected chi connectivity index (χ0v) is 25.0.